The fourth-order valence-corrected chi connectivity index (χ4v) is 2.48. The maximum atomic E-state index is 11.8. The molecule has 0 fully saturated rings. The number of benzene rings is 1. The standard InChI is InChI=1S/C16H26ClN3O/c1-12(2)20(13(3)4)9-8-18-11-16(21)19-15-7-5-6-14(17)10-15/h5-7,10,12-13,18H,8-9,11H2,1-4H3,(H,19,21). The molecule has 0 unspecified atom stereocenters. The van der Waals surface area contributed by atoms with Crippen LogP contribution in [0, 0.1) is 0 Å². The molecule has 4 nitrogen and oxygen atoms in total. The van der Waals surface area contributed by atoms with Crippen LogP contribution in [0.15, 0.2) is 24.3 Å². The number of rotatable bonds is 8. The number of carbonyl (C=O) groups is 1. The second kappa shape index (κ2) is 9.03. The van der Waals surface area contributed by atoms with Crippen LogP contribution in [0.3, 0.4) is 0 Å². The summed E-state index contributed by atoms with van der Waals surface area (Å²) in [6, 6.07) is 8.16. The lowest BCUT2D eigenvalue weighted by Gasteiger charge is -2.30. The normalized spacial score (nSPS) is 11.4. The van der Waals surface area contributed by atoms with Crippen LogP contribution in [0.1, 0.15) is 27.7 Å². The van der Waals surface area contributed by atoms with Crippen LogP contribution in [-0.2, 0) is 4.79 Å². The second-order valence-corrected chi connectivity index (χ2v) is 6.10. The topological polar surface area (TPSA) is 44.4 Å². The lowest BCUT2D eigenvalue weighted by atomic mass is 10.2. The molecule has 0 aliphatic heterocycles. The van der Waals surface area contributed by atoms with Crippen LogP contribution < -0.4 is 10.6 Å². The monoisotopic (exact) mass is 311 g/mol. The third kappa shape index (κ3) is 6.93. The molecule has 1 rings (SSSR count). The molecule has 1 aromatic carbocycles. The molecule has 0 saturated heterocycles. The largest absolute Gasteiger partial charge is 0.325 e. The highest BCUT2D eigenvalue weighted by Gasteiger charge is 2.12. The minimum atomic E-state index is -0.0575. The molecule has 0 radical (unpaired) electrons. The first-order valence-corrected chi connectivity index (χ1v) is 7.80. The molecule has 21 heavy (non-hydrogen) atoms. The number of hydrogen-bond acceptors (Lipinski definition) is 3. The van der Waals surface area contributed by atoms with Crippen LogP contribution in [-0.4, -0.2) is 42.5 Å². The van der Waals surface area contributed by atoms with Crippen molar-refractivity contribution in [2.45, 2.75) is 39.8 Å². The van der Waals surface area contributed by atoms with Crippen LogP contribution in [0.25, 0.3) is 0 Å². The molecular formula is C16H26ClN3O. The Balaban J connectivity index is 2.27. The zero-order valence-corrected chi connectivity index (χ0v) is 14.1. The number of halogens is 1. The first-order valence-electron chi connectivity index (χ1n) is 7.42. The Bertz CT molecular complexity index is 441. The maximum absolute atomic E-state index is 11.8. The fraction of sp³-hybridized carbons (Fsp3) is 0.562. The lowest BCUT2D eigenvalue weighted by Crippen LogP contribution is -2.42. The van der Waals surface area contributed by atoms with E-state index in [2.05, 4.69) is 43.2 Å². The Labute approximate surface area is 132 Å². The molecule has 2 N–H and O–H groups in total. The molecule has 0 bridgehead atoms. The Hall–Kier alpha value is -1.10. The van der Waals surface area contributed by atoms with Gasteiger partial charge in [-0.25, -0.2) is 0 Å². The van der Waals surface area contributed by atoms with Crippen LogP contribution in [0.2, 0.25) is 5.02 Å². The van der Waals surface area contributed by atoms with Crippen molar-refractivity contribution in [1.82, 2.24) is 10.2 Å². The Morgan fingerprint density at radius 3 is 2.48 bits per heavy atom. The van der Waals surface area contributed by atoms with Gasteiger partial charge in [-0.15, -0.1) is 0 Å². The predicted octanol–water partition coefficient (Wildman–Crippen LogP) is 2.99. The first-order chi connectivity index (χ1) is 9.90. The number of nitrogens with zero attached hydrogens (tertiary/aromatic N) is 1. The van der Waals surface area contributed by atoms with E-state index in [0.29, 0.717) is 23.7 Å². The van der Waals surface area contributed by atoms with Gasteiger partial charge in [-0.2, -0.15) is 0 Å². The van der Waals surface area contributed by atoms with E-state index in [1.165, 1.54) is 0 Å². The van der Waals surface area contributed by atoms with Gasteiger partial charge in [0.15, 0.2) is 0 Å². The Morgan fingerprint density at radius 1 is 1.24 bits per heavy atom. The molecule has 1 aromatic rings. The molecule has 5 heteroatoms. The van der Waals surface area contributed by atoms with Gasteiger partial charge < -0.3 is 10.6 Å². The van der Waals surface area contributed by atoms with E-state index in [9.17, 15) is 4.79 Å². The minimum absolute atomic E-state index is 0.0575. The fourth-order valence-electron chi connectivity index (χ4n) is 2.29. The van der Waals surface area contributed by atoms with Gasteiger partial charge in [0.2, 0.25) is 5.91 Å². The first kappa shape index (κ1) is 18.0. The smallest absolute Gasteiger partial charge is 0.238 e. The summed E-state index contributed by atoms with van der Waals surface area (Å²) in [5, 5.41) is 6.61. The third-order valence-corrected chi connectivity index (χ3v) is 3.50. The second-order valence-electron chi connectivity index (χ2n) is 5.66. The summed E-state index contributed by atoms with van der Waals surface area (Å²) in [5.74, 6) is -0.0575. The van der Waals surface area contributed by atoms with Crippen LogP contribution >= 0.6 is 11.6 Å². The maximum Gasteiger partial charge on any atom is 0.238 e. The van der Waals surface area contributed by atoms with Crippen molar-refractivity contribution in [2.24, 2.45) is 0 Å². The van der Waals surface area contributed by atoms with E-state index in [4.69, 9.17) is 11.6 Å². The van der Waals surface area contributed by atoms with Crippen molar-refractivity contribution in [2.75, 3.05) is 25.0 Å². The molecule has 0 saturated carbocycles. The van der Waals surface area contributed by atoms with Gasteiger partial charge in [0.05, 0.1) is 6.54 Å². The molecule has 0 aromatic heterocycles. The number of nitrogens with one attached hydrogen (secondary N) is 2. The molecule has 1 amide bonds. The van der Waals surface area contributed by atoms with Crippen molar-refractivity contribution in [3.05, 3.63) is 29.3 Å². The lowest BCUT2D eigenvalue weighted by molar-refractivity contribution is -0.115. The van der Waals surface area contributed by atoms with E-state index >= 15 is 0 Å². The van der Waals surface area contributed by atoms with Gasteiger partial charge in [0.25, 0.3) is 0 Å². The van der Waals surface area contributed by atoms with Crippen molar-refractivity contribution in [3.63, 3.8) is 0 Å². The van der Waals surface area contributed by atoms with Gasteiger partial charge in [-0.05, 0) is 45.9 Å². The summed E-state index contributed by atoms with van der Waals surface area (Å²) in [6.45, 7) is 10.8. The summed E-state index contributed by atoms with van der Waals surface area (Å²) in [4.78, 5) is 14.2. The van der Waals surface area contributed by atoms with Gasteiger partial charge in [-0.3, -0.25) is 9.69 Å². The van der Waals surface area contributed by atoms with E-state index < -0.39 is 0 Å². The van der Waals surface area contributed by atoms with E-state index in [0.717, 1.165) is 18.8 Å². The molecule has 0 spiro atoms. The van der Waals surface area contributed by atoms with Crippen molar-refractivity contribution in [1.29, 1.82) is 0 Å². The molecule has 0 aliphatic rings. The van der Waals surface area contributed by atoms with Gasteiger partial charge in [0.1, 0.15) is 0 Å². The highest BCUT2D eigenvalue weighted by atomic mass is 35.5. The van der Waals surface area contributed by atoms with Crippen molar-refractivity contribution in [3.8, 4) is 0 Å². The van der Waals surface area contributed by atoms with E-state index in [-0.39, 0.29) is 5.91 Å². The molecule has 0 heterocycles. The van der Waals surface area contributed by atoms with Crippen LogP contribution in [0.4, 0.5) is 5.69 Å². The number of anilines is 1. The van der Waals surface area contributed by atoms with Gasteiger partial charge in [0, 0.05) is 35.9 Å². The van der Waals surface area contributed by atoms with E-state index in [1.807, 2.05) is 12.1 Å². The molecule has 118 valence electrons. The highest BCUT2D eigenvalue weighted by Crippen LogP contribution is 2.14. The SMILES string of the molecule is CC(C)N(CCNCC(=O)Nc1cccc(Cl)c1)C(C)C. The number of carbonyl (C=O) groups excluding carboxylic acids is 1. The zero-order valence-electron chi connectivity index (χ0n) is 13.3. The molecule has 0 atom stereocenters. The average molecular weight is 312 g/mol. The molecule has 0 aliphatic carbocycles. The highest BCUT2D eigenvalue weighted by molar-refractivity contribution is 6.30. The summed E-state index contributed by atoms with van der Waals surface area (Å²) in [6.07, 6.45) is 0. The summed E-state index contributed by atoms with van der Waals surface area (Å²) < 4.78 is 0. The third-order valence-electron chi connectivity index (χ3n) is 3.27. The predicted molar refractivity (Wildman–Crippen MR) is 89.9 cm³/mol. The van der Waals surface area contributed by atoms with Crippen LogP contribution in [0.5, 0.6) is 0 Å². The average Bonchev–Trinajstić information content (AvgIpc) is 2.37. The Kier molecular flexibility index (Phi) is 7.72. The summed E-state index contributed by atoms with van der Waals surface area (Å²) in [7, 11) is 0. The van der Waals surface area contributed by atoms with Crippen molar-refractivity contribution < 1.29 is 4.79 Å². The minimum Gasteiger partial charge on any atom is -0.325 e. The summed E-state index contributed by atoms with van der Waals surface area (Å²) >= 11 is 5.88. The zero-order chi connectivity index (χ0) is 15.8. The number of amides is 1. The quantitative estimate of drug-likeness (QED) is 0.725. The Morgan fingerprint density at radius 2 is 1.90 bits per heavy atom. The van der Waals surface area contributed by atoms with Gasteiger partial charge >= 0.3 is 0 Å². The van der Waals surface area contributed by atoms with Gasteiger partial charge in [-0.1, -0.05) is 17.7 Å². The van der Waals surface area contributed by atoms with Crippen molar-refractivity contribution >= 4 is 23.2 Å². The molecular weight excluding hydrogens is 286 g/mol. The summed E-state index contributed by atoms with van der Waals surface area (Å²) in [5.41, 5.74) is 0.722. The van der Waals surface area contributed by atoms with E-state index in [1.54, 1.807) is 12.1 Å². The number of hydrogen-bond donors (Lipinski definition) is 2.